The number of rotatable bonds is 1. The van der Waals surface area contributed by atoms with Gasteiger partial charge < -0.3 is 4.79 Å². The van der Waals surface area contributed by atoms with E-state index in [1.165, 1.54) is 25.5 Å². The van der Waals surface area contributed by atoms with Crippen molar-refractivity contribution in [3.8, 4) is 0 Å². The Balaban J connectivity index is 2.18. The molecule has 2 rings (SSSR count). The molecule has 4 atom stereocenters. The Morgan fingerprint density at radius 2 is 2.08 bits per heavy atom. The maximum atomic E-state index is 10.9. The highest BCUT2D eigenvalue weighted by atomic mass is 16.1. The number of carbonyl (C=O) groups is 1. The molecule has 2 aliphatic carbocycles. The van der Waals surface area contributed by atoms with Gasteiger partial charge in [-0.3, -0.25) is 0 Å². The van der Waals surface area contributed by atoms with Crippen LogP contribution in [0.1, 0.15) is 40.0 Å². The molecule has 0 heterocycles. The van der Waals surface area contributed by atoms with Crippen molar-refractivity contribution in [1.29, 1.82) is 0 Å². The molecule has 0 bridgehead atoms. The predicted octanol–water partition coefficient (Wildman–Crippen LogP) is 2.89. The topological polar surface area (TPSA) is 17.1 Å². The summed E-state index contributed by atoms with van der Waals surface area (Å²) in [4.78, 5) is 10.9. The van der Waals surface area contributed by atoms with E-state index in [0.717, 1.165) is 5.92 Å². The second-order valence-electron chi connectivity index (χ2n) is 5.64. The molecule has 0 radical (unpaired) electrons. The fourth-order valence-electron chi connectivity index (χ4n) is 3.79. The SMILES string of the molecule is CC1C(C=O)C2C1CCCC2(C)C. The first-order chi connectivity index (χ1) is 6.08. The molecule has 4 unspecified atom stereocenters. The smallest absolute Gasteiger partial charge is 0.123 e. The Labute approximate surface area is 80.9 Å². The lowest BCUT2D eigenvalue weighted by atomic mass is 9.45. The molecule has 2 saturated carbocycles. The summed E-state index contributed by atoms with van der Waals surface area (Å²) in [6, 6.07) is 0. The van der Waals surface area contributed by atoms with Gasteiger partial charge in [-0.15, -0.1) is 0 Å². The molecule has 2 aliphatic rings. The van der Waals surface area contributed by atoms with E-state index in [1.54, 1.807) is 0 Å². The van der Waals surface area contributed by atoms with Crippen molar-refractivity contribution in [2.24, 2.45) is 29.1 Å². The lowest BCUT2D eigenvalue weighted by Crippen LogP contribution is -2.55. The van der Waals surface area contributed by atoms with Crippen molar-refractivity contribution < 1.29 is 4.79 Å². The normalized spacial score (nSPS) is 47.6. The number of aldehydes is 1. The minimum atomic E-state index is 0.361. The van der Waals surface area contributed by atoms with Gasteiger partial charge in [-0.05, 0) is 36.0 Å². The molecular weight excluding hydrogens is 160 g/mol. The third kappa shape index (κ3) is 1.16. The third-order valence-corrected chi connectivity index (χ3v) is 4.58. The van der Waals surface area contributed by atoms with Crippen molar-refractivity contribution >= 4 is 6.29 Å². The second-order valence-corrected chi connectivity index (χ2v) is 5.64. The highest BCUT2D eigenvalue weighted by Gasteiger charge is 2.55. The molecule has 0 aromatic rings. The maximum absolute atomic E-state index is 10.9. The molecule has 0 saturated heterocycles. The molecule has 2 fully saturated rings. The molecule has 74 valence electrons. The Kier molecular flexibility index (Phi) is 2.01. The predicted molar refractivity (Wildman–Crippen MR) is 53.3 cm³/mol. The van der Waals surface area contributed by atoms with Crippen LogP contribution >= 0.6 is 0 Å². The van der Waals surface area contributed by atoms with E-state index in [0.29, 0.717) is 23.2 Å². The lowest BCUT2D eigenvalue weighted by Gasteiger charge is -2.58. The summed E-state index contributed by atoms with van der Waals surface area (Å²) >= 11 is 0. The van der Waals surface area contributed by atoms with Crippen LogP contribution in [0.25, 0.3) is 0 Å². The zero-order valence-electron chi connectivity index (χ0n) is 8.92. The Morgan fingerprint density at radius 3 is 2.69 bits per heavy atom. The summed E-state index contributed by atoms with van der Waals surface area (Å²) < 4.78 is 0. The fraction of sp³-hybridized carbons (Fsp3) is 0.917. The van der Waals surface area contributed by atoms with Crippen LogP contribution in [0.3, 0.4) is 0 Å². The lowest BCUT2D eigenvalue weighted by molar-refractivity contribution is -0.144. The summed E-state index contributed by atoms with van der Waals surface area (Å²) in [5.41, 5.74) is 0.418. The van der Waals surface area contributed by atoms with Gasteiger partial charge in [0.05, 0.1) is 0 Å². The van der Waals surface area contributed by atoms with E-state index in [-0.39, 0.29) is 0 Å². The van der Waals surface area contributed by atoms with E-state index < -0.39 is 0 Å². The quantitative estimate of drug-likeness (QED) is 0.567. The summed E-state index contributed by atoms with van der Waals surface area (Å²) in [6.45, 7) is 6.93. The molecular formula is C12H20O. The van der Waals surface area contributed by atoms with Crippen LogP contribution in [0.4, 0.5) is 0 Å². The van der Waals surface area contributed by atoms with Crippen molar-refractivity contribution in [1.82, 2.24) is 0 Å². The van der Waals surface area contributed by atoms with Gasteiger partial charge in [0.1, 0.15) is 6.29 Å². The highest BCUT2D eigenvalue weighted by Crippen LogP contribution is 2.59. The third-order valence-electron chi connectivity index (χ3n) is 4.58. The van der Waals surface area contributed by atoms with Gasteiger partial charge in [0, 0.05) is 5.92 Å². The molecule has 13 heavy (non-hydrogen) atoms. The van der Waals surface area contributed by atoms with E-state index >= 15 is 0 Å². The van der Waals surface area contributed by atoms with Gasteiger partial charge in [-0.25, -0.2) is 0 Å². The van der Waals surface area contributed by atoms with E-state index in [9.17, 15) is 4.79 Å². The van der Waals surface area contributed by atoms with Gasteiger partial charge in [0.2, 0.25) is 0 Å². The van der Waals surface area contributed by atoms with Crippen LogP contribution in [-0.2, 0) is 4.79 Å². The van der Waals surface area contributed by atoms with Crippen LogP contribution < -0.4 is 0 Å². The number of fused-ring (bicyclic) bond motifs is 1. The Morgan fingerprint density at radius 1 is 1.38 bits per heavy atom. The minimum absolute atomic E-state index is 0.361. The molecule has 1 heteroatoms. The molecule has 0 N–H and O–H groups in total. The van der Waals surface area contributed by atoms with E-state index in [2.05, 4.69) is 20.8 Å². The summed E-state index contributed by atoms with van der Waals surface area (Å²) in [5, 5.41) is 0. The summed E-state index contributed by atoms with van der Waals surface area (Å²) in [7, 11) is 0. The summed E-state index contributed by atoms with van der Waals surface area (Å²) in [5.74, 6) is 2.55. The molecule has 0 amide bonds. The Hall–Kier alpha value is -0.330. The van der Waals surface area contributed by atoms with Gasteiger partial charge in [0.15, 0.2) is 0 Å². The fourth-order valence-corrected chi connectivity index (χ4v) is 3.79. The van der Waals surface area contributed by atoms with Crippen molar-refractivity contribution in [2.75, 3.05) is 0 Å². The van der Waals surface area contributed by atoms with Crippen LogP contribution in [0.5, 0.6) is 0 Å². The number of hydrogen-bond acceptors (Lipinski definition) is 1. The highest BCUT2D eigenvalue weighted by molar-refractivity contribution is 5.57. The zero-order chi connectivity index (χ0) is 9.64. The molecule has 1 nitrogen and oxygen atoms in total. The van der Waals surface area contributed by atoms with Crippen LogP contribution in [0.2, 0.25) is 0 Å². The van der Waals surface area contributed by atoms with Crippen molar-refractivity contribution in [3.05, 3.63) is 0 Å². The first-order valence-electron chi connectivity index (χ1n) is 5.53. The van der Waals surface area contributed by atoms with Gasteiger partial charge in [-0.2, -0.15) is 0 Å². The average molecular weight is 180 g/mol. The van der Waals surface area contributed by atoms with Crippen LogP contribution in [0.15, 0.2) is 0 Å². The Bertz CT molecular complexity index is 219. The van der Waals surface area contributed by atoms with Gasteiger partial charge in [0.25, 0.3) is 0 Å². The maximum Gasteiger partial charge on any atom is 0.123 e. The standard InChI is InChI=1S/C12H20O/c1-8-9-5-4-6-12(2,3)11(9)10(8)7-13/h7-11H,4-6H2,1-3H3. The number of hydrogen-bond donors (Lipinski definition) is 0. The molecule has 0 spiro atoms. The second kappa shape index (κ2) is 2.83. The van der Waals surface area contributed by atoms with E-state index in [1.807, 2.05) is 0 Å². The first kappa shape index (κ1) is 9.23. The van der Waals surface area contributed by atoms with Crippen molar-refractivity contribution in [2.45, 2.75) is 40.0 Å². The zero-order valence-corrected chi connectivity index (χ0v) is 8.92. The monoisotopic (exact) mass is 180 g/mol. The largest absolute Gasteiger partial charge is 0.303 e. The number of carbonyl (C=O) groups excluding carboxylic acids is 1. The summed E-state index contributed by atoms with van der Waals surface area (Å²) in [6.07, 6.45) is 5.24. The molecule has 0 aromatic carbocycles. The van der Waals surface area contributed by atoms with Crippen LogP contribution in [0, 0.1) is 29.1 Å². The van der Waals surface area contributed by atoms with E-state index in [4.69, 9.17) is 0 Å². The van der Waals surface area contributed by atoms with Crippen LogP contribution in [-0.4, -0.2) is 6.29 Å². The average Bonchev–Trinajstić information content (AvgIpc) is 2.06. The van der Waals surface area contributed by atoms with Crippen molar-refractivity contribution in [3.63, 3.8) is 0 Å². The van der Waals surface area contributed by atoms with Gasteiger partial charge >= 0.3 is 0 Å². The van der Waals surface area contributed by atoms with Gasteiger partial charge in [-0.1, -0.05) is 27.2 Å². The molecule has 0 aromatic heterocycles. The first-order valence-corrected chi connectivity index (χ1v) is 5.53. The minimum Gasteiger partial charge on any atom is -0.303 e. The molecule has 0 aliphatic heterocycles.